The zero-order chi connectivity index (χ0) is 4.99. The molecular weight excluding hydrogens is 101 g/mol. The van der Waals surface area contributed by atoms with Crippen molar-refractivity contribution in [2.24, 2.45) is 0 Å². The van der Waals surface area contributed by atoms with Crippen LogP contribution in [0.2, 0.25) is 0 Å². The molecule has 0 rings (SSSR count). The van der Waals surface area contributed by atoms with Crippen LogP contribution in [0.25, 0.3) is 0 Å². The molecular formula is C4H12NNaO. The standard InChI is InChI=1S/C4H11NO.Na.H/c1-5(2)3-4-6;;/h6H,3-4H2,1-2H3;;/q;+1;-1. The first-order valence-corrected chi connectivity index (χ1v) is 2.03. The summed E-state index contributed by atoms with van der Waals surface area (Å²) in [5.74, 6) is 0. The second-order valence-electron chi connectivity index (χ2n) is 1.53. The maximum absolute atomic E-state index is 8.20. The molecule has 0 radical (unpaired) electrons. The molecule has 0 aromatic rings. The van der Waals surface area contributed by atoms with Gasteiger partial charge in [-0.1, -0.05) is 0 Å². The van der Waals surface area contributed by atoms with Crippen LogP contribution in [-0.2, 0) is 0 Å². The van der Waals surface area contributed by atoms with Gasteiger partial charge in [-0.15, -0.1) is 0 Å². The molecule has 0 amide bonds. The average Bonchev–Trinajstić information content (AvgIpc) is 1.35. The van der Waals surface area contributed by atoms with Gasteiger partial charge in [-0.25, -0.2) is 0 Å². The second kappa shape index (κ2) is 6.92. The summed E-state index contributed by atoms with van der Waals surface area (Å²) in [6.07, 6.45) is 0. The number of hydrogen-bond acceptors (Lipinski definition) is 2. The van der Waals surface area contributed by atoms with Crippen molar-refractivity contribution in [2.45, 2.75) is 0 Å². The van der Waals surface area contributed by atoms with E-state index in [1.54, 1.807) is 0 Å². The van der Waals surface area contributed by atoms with Gasteiger partial charge in [0.05, 0.1) is 6.61 Å². The average molecular weight is 113 g/mol. The van der Waals surface area contributed by atoms with Gasteiger partial charge in [-0.2, -0.15) is 0 Å². The number of hydrogen-bond donors (Lipinski definition) is 1. The number of aliphatic hydroxyl groups is 1. The monoisotopic (exact) mass is 113 g/mol. The summed E-state index contributed by atoms with van der Waals surface area (Å²) in [4.78, 5) is 1.93. The van der Waals surface area contributed by atoms with Crippen molar-refractivity contribution in [1.82, 2.24) is 4.90 Å². The molecule has 0 aliphatic carbocycles. The molecule has 7 heavy (non-hydrogen) atoms. The third kappa shape index (κ3) is 10.9. The molecule has 2 nitrogen and oxygen atoms in total. The molecule has 0 fully saturated rings. The van der Waals surface area contributed by atoms with E-state index >= 15 is 0 Å². The molecule has 0 aliphatic rings. The predicted molar refractivity (Wildman–Crippen MR) is 26.8 cm³/mol. The quantitative estimate of drug-likeness (QED) is 0.378. The van der Waals surface area contributed by atoms with Crippen LogP contribution in [0.4, 0.5) is 0 Å². The van der Waals surface area contributed by atoms with Crippen molar-refractivity contribution in [3.63, 3.8) is 0 Å². The molecule has 0 bridgehead atoms. The molecule has 3 heteroatoms. The van der Waals surface area contributed by atoms with Gasteiger partial charge < -0.3 is 11.4 Å². The van der Waals surface area contributed by atoms with E-state index < -0.39 is 0 Å². The van der Waals surface area contributed by atoms with E-state index in [-0.39, 0.29) is 37.6 Å². The Morgan fingerprint density at radius 1 is 1.57 bits per heavy atom. The first-order chi connectivity index (χ1) is 2.77. The van der Waals surface area contributed by atoms with Gasteiger partial charge >= 0.3 is 29.6 Å². The van der Waals surface area contributed by atoms with Gasteiger partial charge in [0, 0.05) is 6.54 Å². The number of nitrogens with zero attached hydrogens (tertiary/aromatic N) is 1. The molecule has 0 heterocycles. The van der Waals surface area contributed by atoms with E-state index in [4.69, 9.17) is 5.11 Å². The summed E-state index contributed by atoms with van der Waals surface area (Å²) in [5.41, 5.74) is 0. The van der Waals surface area contributed by atoms with Gasteiger partial charge in [0.1, 0.15) is 0 Å². The maximum atomic E-state index is 8.20. The summed E-state index contributed by atoms with van der Waals surface area (Å²) in [6, 6.07) is 0. The summed E-state index contributed by atoms with van der Waals surface area (Å²) in [6.45, 7) is 1.02. The van der Waals surface area contributed by atoms with Crippen molar-refractivity contribution in [3.8, 4) is 0 Å². The van der Waals surface area contributed by atoms with E-state index in [2.05, 4.69) is 0 Å². The first kappa shape index (κ1) is 10.8. The van der Waals surface area contributed by atoms with Crippen LogP contribution in [0, 0.1) is 0 Å². The van der Waals surface area contributed by atoms with E-state index in [1.165, 1.54) is 0 Å². The van der Waals surface area contributed by atoms with Crippen LogP contribution in [0.3, 0.4) is 0 Å². The minimum absolute atomic E-state index is 0. The molecule has 0 aromatic carbocycles. The molecule has 0 saturated carbocycles. The molecule has 0 unspecified atom stereocenters. The summed E-state index contributed by atoms with van der Waals surface area (Å²) < 4.78 is 0. The van der Waals surface area contributed by atoms with E-state index in [0.717, 1.165) is 6.54 Å². The third-order valence-electron chi connectivity index (χ3n) is 0.547. The smallest absolute Gasteiger partial charge is 1.00 e. The Bertz CT molecular complexity index is 37.2. The topological polar surface area (TPSA) is 23.5 Å². The molecule has 0 aliphatic heterocycles. The van der Waals surface area contributed by atoms with Crippen molar-refractivity contribution < 1.29 is 36.1 Å². The van der Waals surface area contributed by atoms with Crippen molar-refractivity contribution in [2.75, 3.05) is 27.2 Å². The Morgan fingerprint density at radius 2 is 2.00 bits per heavy atom. The van der Waals surface area contributed by atoms with Crippen LogP contribution in [-0.4, -0.2) is 37.3 Å². The summed E-state index contributed by atoms with van der Waals surface area (Å²) in [7, 11) is 3.85. The minimum atomic E-state index is 0. The Morgan fingerprint density at radius 3 is 2.00 bits per heavy atom. The fourth-order valence-corrected chi connectivity index (χ4v) is 0.200. The van der Waals surface area contributed by atoms with Crippen LogP contribution in [0.15, 0.2) is 0 Å². The molecule has 0 aromatic heterocycles. The van der Waals surface area contributed by atoms with E-state index in [9.17, 15) is 0 Å². The van der Waals surface area contributed by atoms with Crippen LogP contribution in [0.1, 0.15) is 1.43 Å². The van der Waals surface area contributed by atoms with Crippen molar-refractivity contribution in [3.05, 3.63) is 0 Å². The first-order valence-electron chi connectivity index (χ1n) is 2.03. The number of likely N-dealkylation sites (N-methyl/N-ethyl adjacent to an activating group) is 1. The fourth-order valence-electron chi connectivity index (χ4n) is 0.200. The van der Waals surface area contributed by atoms with Crippen molar-refractivity contribution >= 4 is 0 Å². The number of aliphatic hydroxyl groups excluding tert-OH is 1. The second-order valence-corrected chi connectivity index (χ2v) is 1.53. The van der Waals surface area contributed by atoms with Gasteiger partial charge in [0.2, 0.25) is 0 Å². The summed E-state index contributed by atoms with van der Waals surface area (Å²) in [5, 5.41) is 8.20. The van der Waals surface area contributed by atoms with Gasteiger partial charge in [-0.3, -0.25) is 0 Å². The summed E-state index contributed by atoms with van der Waals surface area (Å²) >= 11 is 0. The predicted octanol–water partition coefficient (Wildman–Crippen LogP) is -3.34. The van der Waals surface area contributed by atoms with Gasteiger partial charge in [0.15, 0.2) is 0 Å². The number of rotatable bonds is 2. The zero-order valence-corrected chi connectivity index (χ0v) is 7.31. The molecule has 0 spiro atoms. The molecule has 1 N–H and O–H groups in total. The Balaban J connectivity index is -0.000000125. The molecule has 0 atom stereocenters. The van der Waals surface area contributed by atoms with E-state index in [0.29, 0.717) is 0 Å². The third-order valence-corrected chi connectivity index (χ3v) is 0.547. The Kier molecular flexibility index (Phi) is 10.7. The van der Waals surface area contributed by atoms with Crippen LogP contribution >= 0.6 is 0 Å². The largest absolute Gasteiger partial charge is 1.00 e. The van der Waals surface area contributed by atoms with Gasteiger partial charge in [-0.05, 0) is 14.1 Å². The SMILES string of the molecule is CN(C)CCO.[H-].[Na+]. The molecule has 40 valence electrons. The Hall–Kier alpha value is 0.920. The molecule has 0 saturated heterocycles. The van der Waals surface area contributed by atoms with Gasteiger partial charge in [0.25, 0.3) is 0 Å². The zero-order valence-electron chi connectivity index (χ0n) is 6.31. The Labute approximate surface area is 68.3 Å². The normalized spacial score (nSPS) is 8.57. The van der Waals surface area contributed by atoms with Crippen molar-refractivity contribution in [1.29, 1.82) is 0 Å². The minimum Gasteiger partial charge on any atom is -1.00 e. The van der Waals surface area contributed by atoms with Crippen LogP contribution < -0.4 is 29.6 Å². The van der Waals surface area contributed by atoms with Crippen LogP contribution in [0.5, 0.6) is 0 Å². The van der Waals surface area contributed by atoms with E-state index in [1.807, 2.05) is 19.0 Å². The maximum Gasteiger partial charge on any atom is 1.00 e. The fraction of sp³-hybridized carbons (Fsp3) is 1.00.